The zero-order chi connectivity index (χ0) is 19.6. The second kappa shape index (κ2) is 7.62. The number of methoxy groups -OCH3 is 1. The number of hydrogen-bond donors (Lipinski definition) is 0. The van der Waals surface area contributed by atoms with Crippen LogP contribution in [0.4, 0.5) is 0 Å². The van der Waals surface area contributed by atoms with Crippen LogP contribution in [0.2, 0.25) is 0 Å². The van der Waals surface area contributed by atoms with Gasteiger partial charge >= 0.3 is 5.97 Å². The van der Waals surface area contributed by atoms with Gasteiger partial charge < -0.3 is 9.47 Å². The lowest BCUT2D eigenvalue weighted by Gasteiger charge is -2.12. The van der Waals surface area contributed by atoms with Crippen molar-refractivity contribution in [3.05, 3.63) is 76.3 Å². The van der Waals surface area contributed by atoms with E-state index in [4.69, 9.17) is 9.47 Å². The van der Waals surface area contributed by atoms with Crippen LogP contribution in [-0.2, 0) is 4.74 Å². The van der Waals surface area contributed by atoms with Crippen LogP contribution >= 0.6 is 0 Å². The number of aryl methyl sites for hydroxylation is 3. The molecule has 0 fully saturated rings. The fourth-order valence-electron chi connectivity index (χ4n) is 3.45. The van der Waals surface area contributed by atoms with Crippen LogP contribution in [0, 0.1) is 20.8 Å². The van der Waals surface area contributed by atoms with Gasteiger partial charge in [0.1, 0.15) is 11.3 Å². The van der Waals surface area contributed by atoms with Crippen molar-refractivity contribution in [1.29, 1.82) is 0 Å². The molecule has 0 aliphatic rings. The van der Waals surface area contributed by atoms with Gasteiger partial charge in [0.15, 0.2) is 6.61 Å². The van der Waals surface area contributed by atoms with E-state index >= 15 is 0 Å². The Labute approximate surface area is 158 Å². The van der Waals surface area contributed by atoms with Gasteiger partial charge in [-0.2, -0.15) is 0 Å². The molecule has 0 N–H and O–H groups in total. The van der Waals surface area contributed by atoms with Crippen molar-refractivity contribution in [3.8, 4) is 5.75 Å². The molecular weight excluding hydrogens is 340 g/mol. The Kier molecular flexibility index (Phi) is 5.26. The van der Waals surface area contributed by atoms with Crippen LogP contribution in [0.1, 0.15) is 37.4 Å². The molecule has 0 spiro atoms. The Morgan fingerprint density at radius 1 is 0.889 bits per heavy atom. The molecule has 0 aliphatic carbocycles. The van der Waals surface area contributed by atoms with E-state index in [1.807, 2.05) is 57.2 Å². The summed E-state index contributed by atoms with van der Waals surface area (Å²) in [5.74, 6) is -0.361. The lowest BCUT2D eigenvalue weighted by molar-refractivity contribution is 0.0471. The summed E-state index contributed by atoms with van der Waals surface area (Å²) < 4.78 is 10.6. The number of benzene rings is 3. The minimum atomic E-state index is -0.576. The Morgan fingerprint density at radius 2 is 1.48 bits per heavy atom. The second-order valence-electron chi connectivity index (χ2n) is 6.67. The largest absolute Gasteiger partial charge is 0.496 e. The molecule has 4 nitrogen and oxygen atoms in total. The Hall–Kier alpha value is -3.14. The molecule has 0 saturated heterocycles. The summed E-state index contributed by atoms with van der Waals surface area (Å²) in [6.45, 7) is 5.46. The van der Waals surface area contributed by atoms with E-state index in [1.54, 1.807) is 12.1 Å². The quantitative estimate of drug-likeness (QED) is 0.483. The first kappa shape index (κ1) is 18.6. The van der Waals surface area contributed by atoms with Gasteiger partial charge in [-0.15, -0.1) is 0 Å². The number of esters is 1. The first-order chi connectivity index (χ1) is 12.9. The third-order valence-corrected chi connectivity index (χ3v) is 4.58. The summed E-state index contributed by atoms with van der Waals surface area (Å²) in [6, 6.07) is 15.1. The van der Waals surface area contributed by atoms with Gasteiger partial charge in [0.25, 0.3) is 0 Å². The highest BCUT2D eigenvalue weighted by Gasteiger charge is 2.19. The first-order valence-electron chi connectivity index (χ1n) is 8.75. The molecule has 3 aromatic rings. The van der Waals surface area contributed by atoms with Gasteiger partial charge in [-0.1, -0.05) is 42.0 Å². The smallest absolute Gasteiger partial charge is 0.342 e. The maximum Gasteiger partial charge on any atom is 0.342 e. The van der Waals surface area contributed by atoms with E-state index in [-0.39, 0.29) is 12.4 Å². The van der Waals surface area contributed by atoms with Gasteiger partial charge in [-0.25, -0.2) is 4.79 Å². The predicted molar refractivity (Wildman–Crippen MR) is 106 cm³/mol. The summed E-state index contributed by atoms with van der Waals surface area (Å²) in [5, 5.41) is 1.87. The number of ether oxygens (including phenoxy) is 2. The minimum Gasteiger partial charge on any atom is -0.496 e. The van der Waals surface area contributed by atoms with E-state index in [0.29, 0.717) is 16.9 Å². The van der Waals surface area contributed by atoms with Crippen LogP contribution in [0.15, 0.2) is 48.5 Å². The number of ketones is 1. The van der Waals surface area contributed by atoms with E-state index in [0.717, 1.165) is 27.5 Å². The molecule has 138 valence electrons. The summed E-state index contributed by atoms with van der Waals surface area (Å²) in [4.78, 5) is 25.2. The standard InChI is InChI=1S/C23H22O4/c1-14-9-15(2)22(16(3)10-14)20(24)13-27-23(25)19-11-17-7-5-6-8-18(17)12-21(19)26-4/h5-12H,13H2,1-4H3. The predicted octanol–water partition coefficient (Wildman–Crippen LogP) is 4.81. The van der Waals surface area contributed by atoms with Crippen molar-refractivity contribution >= 4 is 22.5 Å². The van der Waals surface area contributed by atoms with Gasteiger partial charge in [-0.05, 0) is 54.8 Å². The molecule has 0 atom stereocenters. The molecule has 3 rings (SSSR count). The monoisotopic (exact) mass is 362 g/mol. The van der Waals surface area contributed by atoms with E-state index < -0.39 is 5.97 Å². The molecule has 3 aromatic carbocycles. The molecule has 0 amide bonds. The molecule has 0 saturated carbocycles. The van der Waals surface area contributed by atoms with Crippen LogP contribution < -0.4 is 4.74 Å². The molecule has 0 aliphatic heterocycles. The first-order valence-corrected chi connectivity index (χ1v) is 8.75. The molecular formula is C23H22O4. The number of fused-ring (bicyclic) bond motifs is 1. The van der Waals surface area contributed by atoms with Crippen LogP contribution in [0.3, 0.4) is 0 Å². The average molecular weight is 362 g/mol. The fourth-order valence-corrected chi connectivity index (χ4v) is 3.45. The van der Waals surface area contributed by atoms with Crippen molar-refractivity contribution in [1.82, 2.24) is 0 Å². The van der Waals surface area contributed by atoms with Gasteiger partial charge in [0.2, 0.25) is 5.78 Å². The maximum atomic E-state index is 12.6. The molecule has 0 radical (unpaired) electrons. The fraction of sp³-hybridized carbons (Fsp3) is 0.217. The molecule has 4 heteroatoms. The molecule has 0 unspecified atom stereocenters. The summed E-state index contributed by atoms with van der Waals surface area (Å²) in [7, 11) is 1.51. The van der Waals surface area contributed by atoms with Crippen molar-refractivity contribution in [2.45, 2.75) is 20.8 Å². The number of Topliss-reactive ketones (excluding diaryl/α,β-unsaturated/α-hetero) is 1. The lowest BCUT2D eigenvalue weighted by atomic mass is 9.97. The Balaban J connectivity index is 1.82. The highest BCUT2D eigenvalue weighted by molar-refractivity contribution is 6.03. The highest BCUT2D eigenvalue weighted by atomic mass is 16.5. The average Bonchev–Trinajstić information content (AvgIpc) is 2.64. The van der Waals surface area contributed by atoms with Crippen molar-refractivity contribution < 1.29 is 19.1 Å². The molecule has 0 heterocycles. The zero-order valence-electron chi connectivity index (χ0n) is 16.0. The van der Waals surface area contributed by atoms with Gasteiger partial charge in [0.05, 0.1) is 7.11 Å². The van der Waals surface area contributed by atoms with E-state index in [9.17, 15) is 9.59 Å². The lowest BCUT2D eigenvalue weighted by Crippen LogP contribution is -2.17. The molecule has 0 bridgehead atoms. The SMILES string of the molecule is COc1cc2ccccc2cc1C(=O)OCC(=O)c1c(C)cc(C)cc1C. The second-order valence-corrected chi connectivity index (χ2v) is 6.67. The van der Waals surface area contributed by atoms with Crippen LogP contribution in [-0.4, -0.2) is 25.5 Å². The third-order valence-electron chi connectivity index (χ3n) is 4.58. The summed E-state index contributed by atoms with van der Waals surface area (Å²) in [5.41, 5.74) is 3.79. The number of rotatable bonds is 5. The van der Waals surface area contributed by atoms with Crippen molar-refractivity contribution in [2.75, 3.05) is 13.7 Å². The zero-order valence-corrected chi connectivity index (χ0v) is 16.0. The molecule has 27 heavy (non-hydrogen) atoms. The summed E-state index contributed by atoms with van der Waals surface area (Å²) >= 11 is 0. The summed E-state index contributed by atoms with van der Waals surface area (Å²) in [6.07, 6.45) is 0. The van der Waals surface area contributed by atoms with Crippen molar-refractivity contribution in [2.24, 2.45) is 0 Å². The van der Waals surface area contributed by atoms with Crippen LogP contribution in [0.25, 0.3) is 10.8 Å². The van der Waals surface area contributed by atoms with Gasteiger partial charge in [-0.3, -0.25) is 4.79 Å². The topological polar surface area (TPSA) is 52.6 Å². The Morgan fingerprint density at radius 3 is 2.07 bits per heavy atom. The van der Waals surface area contributed by atoms with Crippen molar-refractivity contribution in [3.63, 3.8) is 0 Å². The van der Waals surface area contributed by atoms with Gasteiger partial charge in [0, 0.05) is 5.56 Å². The molecule has 0 aromatic heterocycles. The number of carbonyl (C=O) groups is 2. The van der Waals surface area contributed by atoms with Crippen LogP contribution in [0.5, 0.6) is 5.75 Å². The highest BCUT2D eigenvalue weighted by Crippen LogP contribution is 2.26. The Bertz CT molecular complexity index is 1010. The minimum absolute atomic E-state index is 0.210. The number of hydrogen-bond acceptors (Lipinski definition) is 4. The normalized spacial score (nSPS) is 10.7. The number of carbonyl (C=O) groups excluding carboxylic acids is 2. The van der Waals surface area contributed by atoms with E-state index in [2.05, 4.69) is 0 Å². The third kappa shape index (κ3) is 3.85. The maximum absolute atomic E-state index is 12.6. The van der Waals surface area contributed by atoms with E-state index in [1.165, 1.54) is 7.11 Å².